The molecule has 0 radical (unpaired) electrons. The maximum atomic E-state index is 13.1. The van der Waals surface area contributed by atoms with Crippen LogP contribution < -0.4 is 15.4 Å². The Labute approximate surface area is 191 Å². The standard InChI is InChI=1S/C23H26ClN5O3/c1-13-25-10-8-15(27-13)18-19(28-16-7-5-6-14(24)20(16)32-4)17-21(29-18)23(2,9-11-31-3)12-26-22(17)30/h5-8,10,28-29H,9,11-12H2,1-4H3,(H,26,30)/t23-/m1/s1. The van der Waals surface area contributed by atoms with Crippen LogP contribution in [0.3, 0.4) is 0 Å². The molecule has 0 bridgehead atoms. The molecule has 1 atom stereocenters. The molecular weight excluding hydrogens is 430 g/mol. The molecule has 1 amide bonds. The minimum Gasteiger partial charge on any atom is -0.493 e. The van der Waals surface area contributed by atoms with Crippen LogP contribution in [0.4, 0.5) is 11.4 Å². The van der Waals surface area contributed by atoms with E-state index in [1.807, 2.05) is 25.1 Å². The summed E-state index contributed by atoms with van der Waals surface area (Å²) >= 11 is 6.34. The molecule has 8 nitrogen and oxygen atoms in total. The van der Waals surface area contributed by atoms with Gasteiger partial charge in [0.05, 0.1) is 40.5 Å². The highest BCUT2D eigenvalue weighted by molar-refractivity contribution is 6.32. The third kappa shape index (κ3) is 3.91. The van der Waals surface area contributed by atoms with E-state index in [9.17, 15) is 4.79 Å². The number of H-pyrrole nitrogens is 1. The first kappa shape index (κ1) is 22.1. The first-order valence-corrected chi connectivity index (χ1v) is 10.7. The van der Waals surface area contributed by atoms with Gasteiger partial charge >= 0.3 is 0 Å². The third-order valence-electron chi connectivity index (χ3n) is 5.79. The normalized spacial score (nSPS) is 17.6. The number of methoxy groups -OCH3 is 2. The molecule has 168 valence electrons. The highest BCUT2D eigenvalue weighted by atomic mass is 35.5. The van der Waals surface area contributed by atoms with Crippen LogP contribution in [0.2, 0.25) is 5.02 Å². The Morgan fingerprint density at radius 1 is 1.28 bits per heavy atom. The summed E-state index contributed by atoms with van der Waals surface area (Å²) in [5, 5.41) is 6.89. The van der Waals surface area contributed by atoms with E-state index in [0.29, 0.717) is 58.1 Å². The van der Waals surface area contributed by atoms with Gasteiger partial charge in [0, 0.05) is 37.6 Å². The lowest BCUT2D eigenvalue weighted by Crippen LogP contribution is -2.45. The van der Waals surface area contributed by atoms with E-state index in [-0.39, 0.29) is 11.3 Å². The monoisotopic (exact) mass is 455 g/mol. The minimum atomic E-state index is -0.339. The number of fused-ring (bicyclic) bond motifs is 1. The molecule has 1 aliphatic rings. The van der Waals surface area contributed by atoms with Crippen molar-refractivity contribution in [3.8, 4) is 17.1 Å². The second kappa shape index (κ2) is 8.80. The fourth-order valence-electron chi connectivity index (χ4n) is 4.03. The molecule has 1 aromatic carbocycles. The molecule has 32 heavy (non-hydrogen) atoms. The molecule has 3 N–H and O–H groups in total. The number of aromatic nitrogens is 3. The van der Waals surface area contributed by atoms with Crippen molar-refractivity contribution in [3.63, 3.8) is 0 Å². The number of rotatable bonds is 7. The molecule has 3 heterocycles. The Morgan fingerprint density at radius 3 is 2.81 bits per heavy atom. The molecule has 0 fully saturated rings. The summed E-state index contributed by atoms with van der Waals surface area (Å²) in [5.41, 5.74) is 3.68. The van der Waals surface area contributed by atoms with Gasteiger partial charge in [-0.15, -0.1) is 0 Å². The molecule has 1 aliphatic heterocycles. The predicted molar refractivity (Wildman–Crippen MR) is 124 cm³/mol. The van der Waals surface area contributed by atoms with E-state index < -0.39 is 0 Å². The zero-order valence-corrected chi connectivity index (χ0v) is 19.3. The number of nitrogens with zero attached hydrogens (tertiary/aromatic N) is 2. The number of carbonyl (C=O) groups is 1. The predicted octanol–water partition coefficient (Wildman–Crippen LogP) is 4.22. The fourth-order valence-corrected chi connectivity index (χ4v) is 4.29. The van der Waals surface area contributed by atoms with Crippen molar-refractivity contribution in [1.82, 2.24) is 20.3 Å². The van der Waals surface area contributed by atoms with Gasteiger partial charge in [0.1, 0.15) is 5.82 Å². The number of carbonyl (C=O) groups excluding carboxylic acids is 1. The molecule has 0 saturated heterocycles. The summed E-state index contributed by atoms with van der Waals surface area (Å²) in [6, 6.07) is 7.24. The number of para-hydroxylation sites is 1. The van der Waals surface area contributed by atoms with Gasteiger partial charge in [-0.2, -0.15) is 0 Å². The Balaban J connectivity index is 1.93. The molecule has 0 unspecified atom stereocenters. The highest BCUT2D eigenvalue weighted by Crippen LogP contribution is 2.44. The molecule has 3 aromatic rings. The fraction of sp³-hybridized carbons (Fsp3) is 0.348. The molecule has 4 rings (SSSR count). The van der Waals surface area contributed by atoms with Crippen LogP contribution >= 0.6 is 11.6 Å². The molecule has 0 spiro atoms. The number of aryl methyl sites for hydroxylation is 1. The quantitative estimate of drug-likeness (QED) is 0.493. The van der Waals surface area contributed by atoms with Crippen molar-refractivity contribution in [2.75, 3.05) is 32.7 Å². The number of benzene rings is 1. The van der Waals surface area contributed by atoms with Crippen LogP contribution in [0, 0.1) is 6.92 Å². The topological polar surface area (TPSA) is 101 Å². The average Bonchev–Trinajstić information content (AvgIpc) is 3.16. The second-order valence-electron chi connectivity index (χ2n) is 8.05. The first-order valence-electron chi connectivity index (χ1n) is 10.3. The van der Waals surface area contributed by atoms with Gasteiger partial charge in [0.15, 0.2) is 5.75 Å². The van der Waals surface area contributed by atoms with E-state index >= 15 is 0 Å². The number of halogens is 1. The Kier molecular flexibility index (Phi) is 6.08. The Bertz CT molecular complexity index is 1160. The van der Waals surface area contributed by atoms with Gasteiger partial charge in [-0.05, 0) is 31.5 Å². The van der Waals surface area contributed by atoms with Crippen molar-refractivity contribution < 1.29 is 14.3 Å². The summed E-state index contributed by atoms with van der Waals surface area (Å²) < 4.78 is 10.8. The summed E-state index contributed by atoms with van der Waals surface area (Å²) in [4.78, 5) is 25.4. The van der Waals surface area contributed by atoms with Crippen LogP contribution in [0.25, 0.3) is 11.4 Å². The van der Waals surface area contributed by atoms with Crippen molar-refractivity contribution in [2.24, 2.45) is 0 Å². The number of hydrogen-bond donors (Lipinski definition) is 3. The first-order chi connectivity index (χ1) is 15.4. The van der Waals surface area contributed by atoms with E-state index in [1.165, 1.54) is 0 Å². The number of anilines is 2. The summed E-state index contributed by atoms with van der Waals surface area (Å²) in [5.74, 6) is 0.965. The number of ether oxygens (including phenoxy) is 2. The SMILES string of the molecule is COCC[C@]1(C)CNC(=O)c2c1[nH]c(-c1ccnc(C)n1)c2Nc1cccc(Cl)c1OC. The van der Waals surface area contributed by atoms with Gasteiger partial charge in [-0.1, -0.05) is 24.6 Å². The number of nitrogens with one attached hydrogen (secondary N) is 3. The van der Waals surface area contributed by atoms with Crippen LogP contribution in [-0.2, 0) is 10.2 Å². The maximum Gasteiger partial charge on any atom is 0.255 e. The molecule has 0 saturated carbocycles. The zero-order chi connectivity index (χ0) is 22.9. The van der Waals surface area contributed by atoms with Crippen LogP contribution in [0.15, 0.2) is 30.5 Å². The van der Waals surface area contributed by atoms with Crippen LogP contribution in [0.1, 0.15) is 35.2 Å². The van der Waals surface area contributed by atoms with Gasteiger partial charge in [-0.25, -0.2) is 9.97 Å². The summed E-state index contributed by atoms with van der Waals surface area (Å²) in [6.45, 7) is 5.01. The Hall–Kier alpha value is -3.10. The van der Waals surface area contributed by atoms with Gasteiger partial charge in [0.2, 0.25) is 0 Å². The maximum absolute atomic E-state index is 13.1. The molecule has 0 aliphatic carbocycles. The third-order valence-corrected chi connectivity index (χ3v) is 6.09. The Morgan fingerprint density at radius 2 is 2.09 bits per heavy atom. The van der Waals surface area contributed by atoms with Crippen LogP contribution in [0.5, 0.6) is 5.75 Å². The van der Waals surface area contributed by atoms with Gasteiger partial charge in [-0.3, -0.25) is 4.79 Å². The van der Waals surface area contributed by atoms with Gasteiger partial charge in [0.25, 0.3) is 5.91 Å². The largest absolute Gasteiger partial charge is 0.493 e. The van der Waals surface area contributed by atoms with Crippen molar-refractivity contribution >= 4 is 28.9 Å². The summed E-state index contributed by atoms with van der Waals surface area (Å²) in [7, 11) is 3.23. The average molecular weight is 456 g/mol. The van der Waals surface area contributed by atoms with Crippen LogP contribution in [-0.4, -0.2) is 48.2 Å². The van der Waals surface area contributed by atoms with Crippen molar-refractivity contribution in [3.05, 3.63) is 52.6 Å². The van der Waals surface area contributed by atoms with Gasteiger partial charge < -0.3 is 25.1 Å². The van der Waals surface area contributed by atoms with E-state index in [4.69, 9.17) is 21.1 Å². The number of amides is 1. The smallest absolute Gasteiger partial charge is 0.255 e. The molecule has 2 aromatic heterocycles. The van der Waals surface area contributed by atoms with Crippen molar-refractivity contribution in [2.45, 2.75) is 25.7 Å². The lowest BCUT2D eigenvalue weighted by atomic mass is 9.79. The van der Waals surface area contributed by atoms with E-state index in [2.05, 4.69) is 32.5 Å². The number of hydrogen-bond acceptors (Lipinski definition) is 6. The zero-order valence-electron chi connectivity index (χ0n) is 18.5. The van der Waals surface area contributed by atoms with Crippen molar-refractivity contribution in [1.29, 1.82) is 0 Å². The highest BCUT2D eigenvalue weighted by Gasteiger charge is 2.40. The van der Waals surface area contributed by atoms with E-state index in [1.54, 1.807) is 26.5 Å². The van der Waals surface area contributed by atoms with E-state index in [0.717, 1.165) is 12.1 Å². The number of aromatic amines is 1. The lowest BCUT2D eigenvalue weighted by molar-refractivity contribution is 0.0913. The minimum absolute atomic E-state index is 0.160. The molecule has 9 heteroatoms. The lowest BCUT2D eigenvalue weighted by Gasteiger charge is -2.34. The summed E-state index contributed by atoms with van der Waals surface area (Å²) in [6.07, 6.45) is 2.44. The second-order valence-corrected chi connectivity index (χ2v) is 8.45. The molecular formula is C23H26ClN5O3.